The van der Waals surface area contributed by atoms with Crippen LogP contribution in [0.25, 0.3) is 0 Å². The first-order chi connectivity index (χ1) is 24.0. The number of phosphoric acid groups is 1. The molecule has 8 nitrogen and oxygen atoms in total. The number of carbonyl (C=O) groups excluding carboxylic acids is 1. The number of aliphatic hydroxyl groups excluding tert-OH is 1. The van der Waals surface area contributed by atoms with Gasteiger partial charge in [-0.25, -0.2) is 0 Å². The Bertz CT molecular complexity index is 917. The summed E-state index contributed by atoms with van der Waals surface area (Å²) in [7, 11) is 1.23. The van der Waals surface area contributed by atoms with Gasteiger partial charge < -0.3 is 28.8 Å². The molecule has 2 N–H and O–H groups in total. The third kappa shape index (κ3) is 35.1. The number of aliphatic hydroxyl groups is 1. The van der Waals surface area contributed by atoms with Gasteiger partial charge in [-0.15, -0.1) is 0 Å². The first-order valence-electron chi connectivity index (χ1n) is 20.4. The number of rotatable bonds is 36. The molecule has 9 heteroatoms. The second kappa shape index (κ2) is 33.5. The predicted octanol–water partition coefficient (Wildman–Crippen LogP) is 10.1. The molecule has 294 valence electrons. The van der Waals surface area contributed by atoms with Gasteiger partial charge >= 0.3 is 0 Å². The summed E-state index contributed by atoms with van der Waals surface area (Å²) in [5.41, 5.74) is 0. The molecule has 0 aromatic heterocycles. The van der Waals surface area contributed by atoms with Crippen molar-refractivity contribution in [1.29, 1.82) is 0 Å². The van der Waals surface area contributed by atoms with Crippen molar-refractivity contribution >= 4 is 13.7 Å². The topological polar surface area (TPSA) is 108 Å². The average Bonchev–Trinajstić information content (AvgIpc) is 3.06. The number of quaternary nitrogens is 1. The predicted molar refractivity (Wildman–Crippen MR) is 210 cm³/mol. The molecule has 0 fully saturated rings. The molecule has 0 heterocycles. The van der Waals surface area contributed by atoms with Gasteiger partial charge in [-0.3, -0.25) is 9.36 Å². The van der Waals surface area contributed by atoms with Gasteiger partial charge in [-0.05, 0) is 44.9 Å². The van der Waals surface area contributed by atoms with Gasteiger partial charge in [0.15, 0.2) is 0 Å². The average molecular weight is 727 g/mol. The first-order valence-corrected chi connectivity index (χ1v) is 21.8. The standard InChI is InChI=1S/C41H79N2O6P/c1-6-8-10-12-13-14-15-16-17-18-19-20-21-22-23-24-25-26-27-28-29-31-32-34-40(44)39(42-41(45)35-33-30-11-9-7-2)38-49-50(46,47)48-37-36-43(3,4)5/h23-24,27-28,32,34,39-40,44H,6-22,25-26,29-31,33,35-38H2,1-5H3,(H-,42,45,46,47)/b24-23+,28-27+,34-32+. The third-order valence-electron chi connectivity index (χ3n) is 8.83. The highest BCUT2D eigenvalue weighted by atomic mass is 31.2. The fourth-order valence-electron chi connectivity index (χ4n) is 5.54. The van der Waals surface area contributed by atoms with Crippen molar-refractivity contribution in [3.63, 3.8) is 0 Å². The summed E-state index contributed by atoms with van der Waals surface area (Å²) in [6, 6.07) is -0.902. The van der Waals surface area contributed by atoms with Crippen molar-refractivity contribution in [2.24, 2.45) is 0 Å². The van der Waals surface area contributed by atoms with Crippen molar-refractivity contribution in [3.05, 3.63) is 36.5 Å². The van der Waals surface area contributed by atoms with E-state index in [4.69, 9.17) is 9.05 Å². The highest BCUT2D eigenvalue weighted by Crippen LogP contribution is 2.38. The Morgan fingerprint density at radius 2 is 1.12 bits per heavy atom. The molecular formula is C41H79N2O6P. The smallest absolute Gasteiger partial charge is 0.268 e. The summed E-state index contributed by atoms with van der Waals surface area (Å²) in [5, 5.41) is 13.6. The van der Waals surface area contributed by atoms with Crippen LogP contribution >= 0.6 is 7.82 Å². The molecule has 0 radical (unpaired) electrons. The van der Waals surface area contributed by atoms with Crippen molar-refractivity contribution < 1.29 is 32.9 Å². The van der Waals surface area contributed by atoms with Crippen LogP contribution in [-0.2, 0) is 18.4 Å². The Morgan fingerprint density at radius 3 is 1.62 bits per heavy atom. The molecule has 0 aromatic rings. The van der Waals surface area contributed by atoms with Crippen LogP contribution in [-0.4, -0.2) is 68.5 Å². The number of nitrogens with one attached hydrogen (secondary N) is 1. The lowest BCUT2D eigenvalue weighted by Crippen LogP contribution is -2.45. The molecule has 1 amide bonds. The summed E-state index contributed by atoms with van der Waals surface area (Å²) < 4.78 is 22.9. The number of amides is 1. The number of carbonyl (C=O) groups is 1. The van der Waals surface area contributed by atoms with Gasteiger partial charge in [-0.2, -0.15) is 0 Å². The molecule has 0 spiro atoms. The Kier molecular flexibility index (Phi) is 32.7. The Morgan fingerprint density at radius 1 is 0.680 bits per heavy atom. The van der Waals surface area contributed by atoms with E-state index in [9.17, 15) is 19.4 Å². The summed E-state index contributed by atoms with van der Waals surface area (Å²) >= 11 is 0. The van der Waals surface area contributed by atoms with Crippen molar-refractivity contribution in [1.82, 2.24) is 5.32 Å². The van der Waals surface area contributed by atoms with E-state index < -0.39 is 26.6 Å². The van der Waals surface area contributed by atoms with Crippen LogP contribution in [0.5, 0.6) is 0 Å². The van der Waals surface area contributed by atoms with Crippen LogP contribution in [0.4, 0.5) is 0 Å². The second-order valence-corrected chi connectivity index (χ2v) is 16.4. The minimum atomic E-state index is -4.58. The maximum absolute atomic E-state index is 12.6. The molecule has 3 atom stereocenters. The van der Waals surface area contributed by atoms with Gasteiger partial charge in [0.05, 0.1) is 39.9 Å². The lowest BCUT2D eigenvalue weighted by Gasteiger charge is -2.29. The third-order valence-corrected chi connectivity index (χ3v) is 9.79. The lowest BCUT2D eigenvalue weighted by molar-refractivity contribution is -0.870. The summed E-state index contributed by atoms with van der Waals surface area (Å²) in [6.45, 7) is 4.50. The SMILES string of the molecule is CCCCCCCCCCCCCCC/C=C/CC/C=C/CC/C=C/C(O)C(COP(=O)([O-])OCC[N+](C)(C)C)NC(=O)CCCCCCC. The minimum absolute atomic E-state index is 0.00909. The molecule has 0 aromatic carbocycles. The van der Waals surface area contributed by atoms with Crippen LogP contribution < -0.4 is 10.2 Å². The summed E-state index contributed by atoms with van der Waals surface area (Å²) in [4.78, 5) is 24.9. The maximum atomic E-state index is 12.6. The van der Waals surface area contributed by atoms with E-state index in [0.717, 1.165) is 57.8 Å². The molecule has 0 aliphatic heterocycles. The highest BCUT2D eigenvalue weighted by Gasteiger charge is 2.23. The van der Waals surface area contributed by atoms with Gasteiger partial charge in [0, 0.05) is 6.42 Å². The van der Waals surface area contributed by atoms with Crippen LogP contribution in [0.1, 0.15) is 168 Å². The number of hydrogen-bond donors (Lipinski definition) is 2. The fraction of sp³-hybridized carbons (Fsp3) is 0.829. The Hall–Kier alpha value is -1.28. The molecule has 0 aliphatic carbocycles. The van der Waals surface area contributed by atoms with Crippen molar-refractivity contribution in [3.8, 4) is 0 Å². The monoisotopic (exact) mass is 727 g/mol. The largest absolute Gasteiger partial charge is 0.756 e. The number of nitrogens with zero attached hydrogens (tertiary/aromatic N) is 1. The van der Waals surface area contributed by atoms with Crippen molar-refractivity contribution in [2.45, 2.75) is 180 Å². The van der Waals surface area contributed by atoms with E-state index in [-0.39, 0.29) is 12.5 Å². The van der Waals surface area contributed by atoms with E-state index in [2.05, 4.69) is 43.5 Å². The second-order valence-electron chi connectivity index (χ2n) is 15.0. The maximum Gasteiger partial charge on any atom is 0.268 e. The molecule has 3 unspecified atom stereocenters. The van der Waals surface area contributed by atoms with Gasteiger partial charge in [0.2, 0.25) is 5.91 Å². The zero-order valence-electron chi connectivity index (χ0n) is 33.1. The van der Waals surface area contributed by atoms with Gasteiger partial charge in [0.25, 0.3) is 7.82 Å². The number of likely N-dealkylation sites (N-methyl/N-ethyl adjacent to an activating group) is 1. The van der Waals surface area contributed by atoms with Gasteiger partial charge in [0.1, 0.15) is 13.2 Å². The molecule has 0 bridgehead atoms. The molecule has 0 saturated heterocycles. The molecule has 50 heavy (non-hydrogen) atoms. The zero-order chi connectivity index (χ0) is 37.2. The first kappa shape index (κ1) is 48.7. The Balaban J connectivity index is 4.29. The Labute approximate surface area is 308 Å². The number of unbranched alkanes of at least 4 members (excludes halogenated alkanes) is 19. The van der Waals surface area contributed by atoms with Gasteiger partial charge in [-0.1, -0.05) is 153 Å². The van der Waals surface area contributed by atoms with E-state index in [1.54, 1.807) is 6.08 Å². The van der Waals surface area contributed by atoms with E-state index in [1.807, 2.05) is 27.2 Å². The van der Waals surface area contributed by atoms with E-state index in [0.29, 0.717) is 17.4 Å². The minimum Gasteiger partial charge on any atom is -0.756 e. The normalized spacial score (nSPS) is 14.9. The molecule has 0 aliphatic rings. The van der Waals surface area contributed by atoms with Crippen LogP contribution in [0, 0.1) is 0 Å². The molecular weight excluding hydrogens is 647 g/mol. The summed E-state index contributed by atoms with van der Waals surface area (Å²) in [5.74, 6) is -0.226. The summed E-state index contributed by atoms with van der Waals surface area (Å²) in [6.07, 6.45) is 39.6. The fourth-order valence-corrected chi connectivity index (χ4v) is 6.26. The molecule has 0 rings (SSSR count). The zero-order valence-corrected chi connectivity index (χ0v) is 34.0. The molecule has 0 saturated carbocycles. The van der Waals surface area contributed by atoms with Crippen LogP contribution in [0.2, 0.25) is 0 Å². The highest BCUT2D eigenvalue weighted by molar-refractivity contribution is 7.45. The number of hydrogen-bond acceptors (Lipinski definition) is 6. The van der Waals surface area contributed by atoms with Crippen LogP contribution in [0.3, 0.4) is 0 Å². The lowest BCUT2D eigenvalue weighted by atomic mass is 10.0. The van der Waals surface area contributed by atoms with Crippen LogP contribution in [0.15, 0.2) is 36.5 Å². The number of phosphoric ester groups is 1. The van der Waals surface area contributed by atoms with Crippen molar-refractivity contribution in [2.75, 3.05) is 40.9 Å². The van der Waals surface area contributed by atoms with E-state index in [1.165, 1.54) is 89.9 Å². The number of allylic oxidation sites excluding steroid dienone is 5. The quantitative estimate of drug-likeness (QED) is 0.0288. The van der Waals surface area contributed by atoms with E-state index >= 15 is 0 Å².